The molecule has 0 bridgehead atoms. The van der Waals surface area contributed by atoms with Crippen LogP contribution in [-0.4, -0.2) is 21.4 Å². The van der Waals surface area contributed by atoms with E-state index in [1.807, 2.05) is 0 Å². The second kappa shape index (κ2) is 5.20. The summed E-state index contributed by atoms with van der Waals surface area (Å²) in [6.45, 7) is 0.733. The summed E-state index contributed by atoms with van der Waals surface area (Å²) in [7, 11) is 0. The molecule has 0 aromatic carbocycles. The first-order valence-corrected chi connectivity index (χ1v) is 6.91. The van der Waals surface area contributed by atoms with Gasteiger partial charge in [-0.05, 0) is 43.4 Å². The molecule has 0 amide bonds. The highest BCUT2D eigenvalue weighted by Crippen LogP contribution is 2.49. The van der Waals surface area contributed by atoms with E-state index in [2.05, 4.69) is 20.7 Å². The maximum absolute atomic E-state index is 11.0. The van der Waals surface area contributed by atoms with E-state index < -0.39 is 4.92 Å². The number of hydrazine groups is 1. The molecule has 4 N–H and O–H groups in total. The van der Waals surface area contributed by atoms with Crippen molar-refractivity contribution in [2.75, 3.05) is 17.3 Å². The van der Waals surface area contributed by atoms with Crippen molar-refractivity contribution >= 4 is 17.5 Å². The summed E-state index contributed by atoms with van der Waals surface area (Å²) in [6, 6.07) is 0. The molecule has 0 unspecified atom stereocenters. The van der Waals surface area contributed by atoms with Gasteiger partial charge in [0, 0.05) is 6.54 Å². The van der Waals surface area contributed by atoms with Crippen molar-refractivity contribution in [3.05, 3.63) is 16.3 Å². The van der Waals surface area contributed by atoms with Gasteiger partial charge < -0.3 is 5.32 Å². The van der Waals surface area contributed by atoms with Crippen molar-refractivity contribution in [3.8, 4) is 0 Å². The van der Waals surface area contributed by atoms with E-state index in [1.165, 1.54) is 31.9 Å². The Labute approximate surface area is 116 Å². The van der Waals surface area contributed by atoms with Crippen molar-refractivity contribution in [3.63, 3.8) is 0 Å². The third-order valence-electron chi connectivity index (χ3n) is 4.06. The van der Waals surface area contributed by atoms with E-state index in [4.69, 9.17) is 5.84 Å². The quantitative estimate of drug-likeness (QED) is 0.393. The third-order valence-corrected chi connectivity index (χ3v) is 4.06. The van der Waals surface area contributed by atoms with Crippen LogP contribution in [0.3, 0.4) is 0 Å². The Balaban J connectivity index is 1.72. The molecule has 1 aromatic rings. The fourth-order valence-corrected chi connectivity index (χ4v) is 2.69. The fraction of sp³-hybridized carbons (Fsp3) is 0.667. The molecule has 0 spiro atoms. The largest absolute Gasteiger partial charge is 0.364 e. The second-order valence-electron chi connectivity index (χ2n) is 5.55. The SMILES string of the molecule is NNc1ncc([N+](=O)[O-])c(NCC(C2CC2)C2CC2)n1. The number of hydrogen-bond donors (Lipinski definition) is 3. The molecule has 1 aromatic heterocycles. The Hall–Kier alpha value is -1.96. The Bertz CT molecular complexity index is 503. The molecule has 0 aliphatic heterocycles. The van der Waals surface area contributed by atoms with Crippen LogP contribution in [0.5, 0.6) is 0 Å². The van der Waals surface area contributed by atoms with Gasteiger partial charge in [-0.25, -0.2) is 10.8 Å². The zero-order valence-corrected chi connectivity index (χ0v) is 11.1. The zero-order valence-electron chi connectivity index (χ0n) is 11.1. The number of nitrogens with one attached hydrogen (secondary N) is 2. The summed E-state index contributed by atoms with van der Waals surface area (Å²) in [4.78, 5) is 18.3. The number of nitrogens with two attached hydrogens (primary N) is 1. The number of hydrogen-bond acceptors (Lipinski definition) is 7. The van der Waals surface area contributed by atoms with Crippen LogP contribution in [0.1, 0.15) is 25.7 Å². The van der Waals surface area contributed by atoms with Crippen LogP contribution in [0, 0.1) is 27.9 Å². The van der Waals surface area contributed by atoms with Crippen LogP contribution in [0.25, 0.3) is 0 Å². The fourth-order valence-electron chi connectivity index (χ4n) is 2.69. The Kier molecular flexibility index (Phi) is 3.39. The molecular formula is C12H18N6O2. The zero-order chi connectivity index (χ0) is 14.1. The van der Waals surface area contributed by atoms with Gasteiger partial charge in [-0.15, -0.1) is 0 Å². The summed E-state index contributed by atoms with van der Waals surface area (Å²) in [5.41, 5.74) is 2.19. The van der Waals surface area contributed by atoms with Crippen molar-refractivity contribution in [1.29, 1.82) is 0 Å². The first-order chi connectivity index (χ1) is 9.69. The lowest BCUT2D eigenvalue weighted by Crippen LogP contribution is -2.20. The normalized spacial score (nSPS) is 18.1. The number of nitrogen functional groups attached to an aromatic ring is 1. The maximum Gasteiger partial charge on any atom is 0.329 e. The summed E-state index contributed by atoms with van der Waals surface area (Å²) >= 11 is 0. The average Bonchev–Trinajstić information content (AvgIpc) is 3.31. The lowest BCUT2D eigenvalue weighted by Gasteiger charge is -2.16. The standard InChI is InChI=1S/C12H18N6O2/c13-17-12-15-6-10(18(19)20)11(16-12)14-5-9(7-1-2-7)8-3-4-8/h6-9H,1-5,13H2,(H2,14,15,16,17). The van der Waals surface area contributed by atoms with Crippen LogP contribution in [-0.2, 0) is 0 Å². The lowest BCUT2D eigenvalue weighted by molar-refractivity contribution is -0.384. The topological polar surface area (TPSA) is 119 Å². The van der Waals surface area contributed by atoms with E-state index in [0.29, 0.717) is 5.92 Å². The van der Waals surface area contributed by atoms with Gasteiger partial charge >= 0.3 is 5.69 Å². The van der Waals surface area contributed by atoms with Crippen molar-refractivity contribution in [1.82, 2.24) is 9.97 Å². The highest BCUT2D eigenvalue weighted by molar-refractivity contribution is 5.56. The number of nitrogens with zero attached hydrogens (tertiary/aromatic N) is 3. The van der Waals surface area contributed by atoms with Crippen LogP contribution < -0.4 is 16.6 Å². The summed E-state index contributed by atoms with van der Waals surface area (Å²) in [5, 5.41) is 14.1. The summed E-state index contributed by atoms with van der Waals surface area (Å²) < 4.78 is 0. The second-order valence-corrected chi connectivity index (χ2v) is 5.55. The molecule has 3 rings (SSSR count). The predicted octanol–water partition coefficient (Wildman–Crippen LogP) is 1.52. The van der Waals surface area contributed by atoms with Crippen molar-refractivity contribution in [2.45, 2.75) is 25.7 Å². The van der Waals surface area contributed by atoms with Gasteiger partial charge in [0.15, 0.2) is 0 Å². The van der Waals surface area contributed by atoms with E-state index in [9.17, 15) is 10.1 Å². The highest BCUT2D eigenvalue weighted by atomic mass is 16.6. The van der Waals surface area contributed by atoms with Crippen LogP contribution in [0.2, 0.25) is 0 Å². The molecule has 2 aliphatic carbocycles. The molecule has 108 valence electrons. The van der Waals surface area contributed by atoms with Gasteiger partial charge in [0.1, 0.15) is 6.20 Å². The molecule has 1 heterocycles. The predicted molar refractivity (Wildman–Crippen MR) is 73.9 cm³/mol. The smallest absolute Gasteiger partial charge is 0.329 e. The summed E-state index contributed by atoms with van der Waals surface area (Å²) in [6.07, 6.45) is 6.30. The minimum Gasteiger partial charge on any atom is -0.364 e. The van der Waals surface area contributed by atoms with Crippen LogP contribution in [0.15, 0.2) is 6.20 Å². The molecule has 8 heteroatoms. The first kappa shape index (κ1) is 13.0. The van der Waals surface area contributed by atoms with Gasteiger partial charge in [-0.1, -0.05) is 0 Å². The highest BCUT2D eigenvalue weighted by Gasteiger charge is 2.41. The van der Waals surface area contributed by atoms with Gasteiger partial charge in [0.2, 0.25) is 11.8 Å². The van der Waals surface area contributed by atoms with E-state index in [-0.39, 0.29) is 17.5 Å². The minimum atomic E-state index is -0.480. The molecule has 2 aliphatic rings. The van der Waals surface area contributed by atoms with Crippen molar-refractivity contribution < 1.29 is 4.92 Å². The molecular weight excluding hydrogens is 260 g/mol. The van der Waals surface area contributed by atoms with Gasteiger partial charge in [0.05, 0.1) is 4.92 Å². The molecule has 20 heavy (non-hydrogen) atoms. The lowest BCUT2D eigenvalue weighted by atomic mass is 9.98. The monoisotopic (exact) mass is 278 g/mol. The molecule has 0 radical (unpaired) electrons. The molecule has 0 atom stereocenters. The van der Waals surface area contributed by atoms with E-state index in [0.717, 1.165) is 18.4 Å². The first-order valence-electron chi connectivity index (χ1n) is 6.91. The minimum absolute atomic E-state index is 0.116. The molecule has 0 saturated heterocycles. The van der Waals surface area contributed by atoms with Crippen LogP contribution in [0.4, 0.5) is 17.5 Å². The summed E-state index contributed by atoms with van der Waals surface area (Å²) in [5.74, 6) is 7.83. The Morgan fingerprint density at radius 3 is 2.55 bits per heavy atom. The number of nitro groups is 1. The molecule has 2 fully saturated rings. The van der Waals surface area contributed by atoms with Gasteiger partial charge in [-0.3, -0.25) is 15.5 Å². The van der Waals surface area contributed by atoms with Crippen molar-refractivity contribution in [2.24, 2.45) is 23.6 Å². The number of anilines is 2. The van der Waals surface area contributed by atoms with E-state index >= 15 is 0 Å². The number of rotatable bonds is 7. The number of aromatic nitrogens is 2. The Morgan fingerprint density at radius 2 is 2.05 bits per heavy atom. The average molecular weight is 278 g/mol. The van der Waals surface area contributed by atoms with Gasteiger partial charge in [0.25, 0.3) is 0 Å². The Morgan fingerprint density at radius 1 is 1.40 bits per heavy atom. The van der Waals surface area contributed by atoms with Crippen LogP contribution >= 0.6 is 0 Å². The molecule has 8 nitrogen and oxygen atoms in total. The van der Waals surface area contributed by atoms with Gasteiger partial charge in [-0.2, -0.15) is 4.98 Å². The third kappa shape index (κ3) is 2.79. The molecule has 2 saturated carbocycles. The van der Waals surface area contributed by atoms with E-state index in [1.54, 1.807) is 0 Å². The maximum atomic E-state index is 11.0.